The first kappa shape index (κ1) is 13.7. The van der Waals surface area contributed by atoms with Crippen molar-refractivity contribution in [1.29, 1.82) is 0 Å². The summed E-state index contributed by atoms with van der Waals surface area (Å²) in [7, 11) is 0. The zero-order valence-corrected chi connectivity index (χ0v) is 10.2. The summed E-state index contributed by atoms with van der Waals surface area (Å²) in [6.07, 6.45) is -3.04. The van der Waals surface area contributed by atoms with Gasteiger partial charge in [0.15, 0.2) is 5.82 Å². The summed E-state index contributed by atoms with van der Waals surface area (Å²) in [4.78, 5) is 6.74. The Kier molecular flexibility index (Phi) is 3.96. The van der Waals surface area contributed by atoms with E-state index in [-0.39, 0.29) is 5.69 Å². The summed E-state index contributed by atoms with van der Waals surface area (Å²) in [5, 5.41) is 41.1. The second-order valence-electron chi connectivity index (χ2n) is 4.21. The molecule has 3 atom stereocenters. The highest BCUT2D eigenvalue weighted by molar-refractivity contribution is 5.47. The highest BCUT2D eigenvalue weighted by Gasteiger charge is 2.27. The molecule has 0 aromatic carbocycles. The minimum atomic E-state index is -1.52. The predicted molar refractivity (Wildman–Crippen MR) is 62.9 cm³/mol. The number of nitrogens with zero attached hydrogens (tertiary/aromatic N) is 2. The van der Waals surface area contributed by atoms with Crippen LogP contribution in [0.5, 0.6) is 0 Å². The van der Waals surface area contributed by atoms with Crippen LogP contribution in [-0.4, -0.2) is 54.4 Å². The average Bonchev–Trinajstić information content (AvgIpc) is 3.04. The van der Waals surface area contributed by atoms with Crippen molar-refractivity contribution in [1.82, 2.24) is 15.1 Å². The summed E-state index contributed by atoms with van der Waals surface area (Å²) in [6, 6.07) is 1.66. The average molecular weight is 269 g/mol. The largest absolute Gasteiger partial charge is 0.394 e. The van der Waals surface area contributed by atoms with Crippen molar-refractivity contribution in [2.24, 2.45) is 0 Å². The molecule has 0 saturated carbocycles. The number of hydrogen-bond acceptors (Lipinski definition) is 7. The molecule has 0 unspecified atom stereocenters. The number of rotatable bonds is 5. The molecule has 0 aliphatic heterocycles. The first-order valence-corrected chi connectivity index (χ1v) is 5.66. The van der Waals surface area contributed by atoms with Gasteiger partial charge in [0.1, 0.15) is 18.3 Å². The molecule has 0 fully saturated rings. The summed E-state index contributed by atoms with van der Waals surface area (Å²) in [6.45, 7) is 1.10. The molecule has 0 bridgehead atoms. The fraction of sp³-hybridized carbons (Fsp3) is 0.455. The van der Waals surface area contributed by atoms with Crippen molar-refractivity contribution < 1.29 is 24.9 Å². The number of aliphatic hydroxyl groups excluding tert-OH is 4. The molecule has 104 valence electrons. The second-order valence-corrected chi connectivity index (χ2v) is 4.21. The molecular formula is C11H15N3O5. The zero-order valence-electron chi connectivity index (χ0n) is 10.2. The Morgan fingerprint density at radius 3 is 2.68 bits per heavy atom. The Morgan fingerprint density at radius 1 is 1.37 bits per heavy atom. The molecule has 2 aromatic rings. The Hall–Kier alpha value is -1.74. The Bertz CT molecular complexity index is 538. The van der Waals surface area contributed by atoms with Gasteiger partial charge in [0.2, 0.25) is 5.76 Å². The summed E-state index contributed by atoms with van der Waals surface area (Å²) in [5.74, 6) is 0.744. The van der Waals surface area contributed by atoms with E-state index in [0.717, 1.165) is 0 Å². The van der Waals surface area contributed by atoms with E-state index in [4.69, 9.17) is 9.63 Å². The van der Waals surface area contributed by atoms with Gasteiger partial charge in [0, 0.05) is 6.07 Å². The summed E-state index contributed by atoms with van der Waals surface area (Å²) in [5.41, 5.74) is 0.883. The van der Waals surface area contributed by atoms with Crippen LogP contribution in [-0.2, 0) is 0 Å². The van der Waals surface area contributed by atoms with Gasteiger partial charge in [0.25, 0.3) is 0 Å². The Labute approximate surface area is 108 Å². The normalized spacial score (nSPS) is 16.3. The van der Waals surface area contributed by atoms with Gasteiger partial charge in [-0.2, -0.15) is 0 Å². The van der Waals surface area contributed by atoms with Gasteiger partial charge < -0.3 is 29.9 Å². The van der Waals surface area contributed by atoms with Crippen LogP contribution >= 0.6 is 0 Å². The molecular weight excluding hydrogens is 254 g/mol. The molecule has 5 N–H and O–H groups in total. The van der Waals surface area contributed by atoms with Crippen LogP contribution < -0.4 is 0 Å². The molecule has 0 aliphatic carbocycles. The van der Waals surface area contributed by atoms with Crippen LogP contribution in [0.25, 0.3) is 11.6 Å². The lowest BCUT2D eigenvalue weighted by atomic mass is 10.1. The van der Waals surface area contributed by atoms with E-state index in [9.17, 15) is 15.3 Å². The van der Waals surface area contributed by atoms with Gasteiger partial charge in [-0.1, -0.05) is 5.16 Å². The van der Waals surface area contributed by atoms with Gasteiger partial charge >= 0.3 is 0 Å². The third-order valence-electron chi connectivity index (χ3n) is 2.68. The summed E-state index contributed by atoms with van der Waals surface area (Å²) < 4.78 is 5.00. The van der Waals surface area contributed by atoms with E-state index in [1.165, 1.54) is 6.20 Å². The number of H-pyrrole nitrogens is 1. The van der Waals surface area contributed by atoms with Crippen LogP contribution in [0.4, 0.5) is 0 Å². The third kappa shape index (κ3) is 2.82. The maximum atomic E-state index is 9.82. The minimum Gasteiger partial charge on any atom is -0.394 e. The highest BCUT2D eigenvalue weighted by Crippen LogP contribution is 2.22. The van der Waals surface area contributed by atoms with Crippen molar-refractivity contribution in [3.8, 4) is 11.6 Å². The number of aromatic amines is 1. The zero-order chi connectivity index (χ0) is 14.0. The SMILES string of the molecule is Cc1cc(-c2ncc([C@@H](O)[C@H](O)[C@H](O)CO)[nH]2)on1. The molecule has 0 radical (unpaired) electrons. The molecule has 8 heteroatoms. The predicted octanol–water partition coefficient (Wildman–Crippen LogP) is -0.879. The molecule has 2 rings (SSSR count). The van der Waals surface area contributed by atoms with Crippen molar-refractivity contribution >= 4 is 0 Å². The maximum absolute atomic E-state index is 9.82. The molecule has 2 heterocycles. The monoisotopic (exact) mass is 269 g/mol. The molecule has 0 saturated heterocycles. The Morgan fingerprint density at radius 2 is 2.11 bits per heavy atom. The van der Waals surface area contributed by atoms with Crippen LogP contribution in [0.2, 0.25) is 0 Å². The van der Waals surface area contributed by atoms with Crippen molar-refractivity contribution in [2.45, 2.75) is 25.2 Å². The fourth-order valence-electron chi connectivity index (χ4n) is 1.59. The van der Waals surface area contributed by atoms with Crippen LogP contribution in [0, 0.1) is 6.92 Å². The van der Waals surface area contributed by atoms with E-state index in [0.29, 0.717) is 17.3 Å². The lowest BCUT2D eigenvalue weighted by Crippen LogP contribution is -2.34. The van der Waals surface area contributed by atoms with Gasteiger partial charge in [-0.25, -0.2) is 4.98 Å². The van der Waals surface area contributed by atoms with Gasteiger partial charge in [-0.15, -0.1) is 0 Å². The molecule has 19 heavy (non-hydrogen) atoms. The molecule has 2 aromatic heterocycles. The number of hydrogen-bond donors (Lipinski definition) is 5. The fourth-order valence-corrected chi connectivity index (χ4v) is 1.59. The second kappa shape index (κ2) is 5.49. The van der Waals surface area contributed by atoms with E-state index in [1.54, 1.807) is 13.0 Å². The van der Waals surface area contributed by atoms with E-state index in [1.807, 2.05) is 0 Å². The Balaban J connectivity index is 2.17. The summed E-state index contributed by atoms with van der Waals surface area (Å²) >= 11 is 0. The molecule has 0 spiro atoms. The first-order valence-electron chi connectivity index (χ1n) is 5.66. The number of aliphatic hydroxyl groups is 4. The van der Waals surface area contributed by atoms with Gasteiger partial charge in [-0.3, -0.25) is 0 Å². The maximum Gasteiger partial charge on any atom is 0.202 e. The molecule has 8 nitrogen and oxygen atoms in total. The van der Waals surface area contributed by atoms with Crippen molar-refractivity contribution in [3.63, 3.8) is 0 Å². The standard InChI is InChI=1S/C11H15N3O5/c1-5-2-8(19-14-5)11-12-3-6(13-11)9(17)10(18)7(16)4-15/h2-3,7,9-10,15-18H,4H2,1H3,(H,12,13)/t7-,9-,10-/m1/s1. The number of nitrogens with one attached hydrogen (secondary N) is 1. The van der Waals surface area contributed by atoms with Crippen LogP contribution in [0.3, 0.4) is 0 Å². The van der Waals surface area contributed by atoms with Crippen LogP contribution in [0.1, 0.15) is 17.5 Å². The lowest BCUT2D eigenvalue weighted by molar-refractivity contribution is -0.0788. The van der Waals surface area contributed by atoms with E-state index < -0.39 is 24.9 Å². The van der Waals surface area contributed by atoms with Crippen molar-refractivity contribution in [3.05, 3.63) is 23.7 Å². The topological polar surface area (TPSA) is 136 Å². The van der Waals surface area contributed by atoms with E-state index in [2.05, 4.69) is 15.1 Å². The molecule has 0 aliphatic rings. The van der Waals surface area contributed by atoms with Crippen LogP contribution in [0.15, 0.2) is 16.8 Å². The van der Waals surface area contributed by atoms with Crippen molar-refractivity contribution in [2.75, 3.05) is 6.61 Å². The molecule has 0 amide bonds. The van der Waals surface area contributed by atoms with E-state index >= 15 is 0 Å². The lowest BCUT2D eigenvalue weighted by Gasteiger charge is -2.20. The third-order valence-corrected chi connectivity index (χ3v) is 2.68. The number of imidazole rings is 1. The quantitative estimate of drug-likeness (QED) is 0.475. The number of aromatic nitrogens is 3. The minimum absolute atomic E-state index is 0.198. The smallest absolute Gasteiger partial charge is 0.202 e. The first-order chi connectivity index (χ1) is 9.02. The highest BCUT2D eigenvalue weighted by atomic mass is 16.5. The number of aryl methyl sites for hydroxylation is 1. The van der Waals surface area contributed by atoms with Gasteiger partial charge in [0.05, 0.1) is 24.2 Å². The van der Waals surface area contributed by atoms with Gasteiger partial charge in [-0.05, 0) is 6.92 Å².